The number of carbonyl (C=O) groups excluding carboxylic acids is 1. The van der Waals surface area contributed by atoms with E-state index in [1.54, 1.807) is 37.5 Å². The van der Waals surface area contributed by atoms with Crippen LogP contribution in [-0.2, 0) is 6.54 Å². The molecule has 1 atom stereocenters. The van der Waals surface area contributed by atoms with E-state index in [1.807, 2.05) is 0 Å². The molecule has 0 fully saturated rings. The van der Waals surface area contributed by atoms with Gasteiger partial charge in [-0.3, -0.25) is 14.7 Å². The standard InChI is InChI=1S/C15H16N4O3/c1-10(14-16-6-3-7-17-14)19(15(21)22)9-13-5-4-12(8-18-13)11(2)20/h3-8,10H,9H2,1-2H3,(H,21,22). The van der Waals surface area contributed by atoms with E-state index in [4.69, 9.17) is 0 Å². The molecule has 1 unspecified atom stereocenters. The van der Waals surface area contributed by atoms with Crippen LogP contribution in [0.4, 0.5) is 4.79 Å². The maximum Gasteiger partial charge on any atom is 0.408 e. The van der Waals surface area contributed by atoms with E-state index in [-0.39, 0.29) is 12.3 Å². The van der Waals surface area contributed by atoms with Crippen molar-refractivity contribution in [3.63, 3.8) is 0 Å². The molecule has 0 aromatic carbocycles. The molecule has 7 nitrogen and oxygen atoms in total. The van der Waals surface area contributed by atoms with E-state index >= 15 is 0 Å². The number of rotatable bonds is 5. The van der Waals surface area contributed by atoms with Gasteiger partial charge >= 0.3 is 6.09 Å². The first-order valence-electron chi connectivity index (χ1n) is 6.71. The van der Waals surface area contributed by atoms with E-state index in [1.165, 1.54) is 18.0 Å². The lowest BCUT2D eigenvalue weighted by molar-refractivity contribution is 0.101. The van der Waals surface area contributed by atoms with Crippen molar-refractivity contribution in [1.82, 2.24) is 19.9 Å². The fourth-order valence-corrected chi connectivity index (χ4v) is 1.94. The molecule has 2 rings (SSSR count). The number of Topliss-reactive ketones (excluding diaryl/α,β-unsaturated/α-hetero) is 1. The number of nitrogens with zero attached hydrogens (tertiary/aromatic N) is 4. The van der Waals surface area contributed by atoms with Crippen LogP contribution in [0.2, 0.25) is 0 Å². The van der Waals surface area contributed by atoms with Crippen LogP contribution in [0.5, 0.6) is 0 Å². The first-order chi connectivity index (χ1) is 10.5. The number of carboxylic acid groups (broad SMARTS) is 1. The normalized spacial score (nSPS) is 11.7. The van der Waals surface area contributed by atoms with Gasteiger partial charge in [-0.05, 0) is 32.0 Å². The highest BCUT2D eigenvalue weighted by Crippen LogP contribution is 2.18. The van der Waals surface area contributed by atoms with Crippen LogP contribution in [0.25, 0.3) is 0 Å². The highest BCUT2D eigenvalue weighted by atomic mass is 16.4. The van der Waals surface area contributed by atoms with Crippen molar-refractivity contribution in [2.45, 2.75) is 26.4 Å². The number of ketones is 1. The average molecular weight is 300 g/mol. The molecular weight excluding hydrogens is 284 g/mol. The van der Waals surface area contributed by atoms with Crippen molar-refractivity contribution in [2.24, 2.45) is 0 Å². The Morgan fingerprint density at radius 2 is 1.91 bits per heavy atom. The fourth-order valence-electron chi connectivity index (χ4n) is 1.94. The molecule has 2 aromatic heterocycles. The summed E-state index contributed by atoms with van der Waals surface area (Å²) in [6.45, 7) is 3.26. The van der Waals surface area contributed by atoms with E-state index in [2.05, 4.69) is 15.0 Å². The predicted molar refractivity (Wildman–Crippen MR) is 78.3 cm³/mol. The molecule has 0 aliphatic heterocycles. The summed E-state index contributed by atoms with van der Waals surface area (Å²) in [6, 6.07) is 4.44. The van der Waals surface area contributed by atoms with Crippen molar-refractivity contribution in [1.29, 1.82) is 0 Å². The molecule has 0 saturated heterocycles. The van der Waals surface area contributed by atoms with Crippen LogP contribution in [0.1, 0.15) is 41.8 Å². The van der Waals surface area contributed by atoms with Gasteiger partial charge in [0.2, 0.25) is 0 Å². The molecular formula is C15H16N4O3. The molecule has 0 radical (unpaired) electrons. The summed E-state index contributed by atoms with van der Waals surface area (Å²) in [5.41, 5.74) is 1.04. The number of hydrogen-bond acceptors (Lipinski definition) is 5. The molecule has 2 heterocycles. The van der Waals surface area contributed by atoms with Gasteiger partial charge in [-0.1, -0.05) is 0 Å². The number of carbonyl (C=O) groups is 2. The predicted octanol–water partition coefficient (Wildman–Crippen LogP) is 2.32. The van der Waals surface area contributed by atoms with E-state index in [0.717, 1.165) is 0 Å². The molecule has 1 amide bonds. The Morgan fingerprint density at radius 1 is 1.23 bits per heavy atom. The summed E-state index contributed by atoms with van der Waals surface area (Å²) >= 11 is 0. The van der Waals surface area contributed by atoms with Gasteiger partial charge in [0, 0.05) is 24.2 Å². The molecule has 0 aliphatic carbocycles. The van der Waals surface area contributed by atoms with Crippen molar-refractivity contribution < 1.29 is 14.7 Å². The fraction of sp³-hybridized carbons (Fsp3) is 0.267. The Bertz CT molecular complexity index is 658. The second-order valence-corrected chi connectivity index (χ2v) is 4.79. The SMILES string of the molecule is CC(=O)c1ccc(CN(C(=O)O)C(C)c2ncccn2)nc1. The summed E-state index contributed by atoms with van der Waals surface area (Å²) in [7, 11) is 0. The highest BCUT2D eigenvalue weighted by molar-refractivity contribution is 5.93. The third-order valence-electron chi connectivity index (χ3n) is 3.24. The van der Waals surface area contributed by atoms with Gasteiger partial charge in [0.1, 0.15) is 0 Å². The van der Waals surface area contributed by atoms with E-state index in [9.17, 15) is 14.7 Å². The minimum atomic E-state index is -1.09. The molecule has 1 N–H and O–H groups in total. The number of aromatic nitrogens is 3. The molecule has 2 aromatic rings. The largest absolute Gasteiger partial charge is 0.465 e. The Balaban J connectivity index is 2.18. The van der Waals surface area contributed by atoms with Gasteiger partial charge in [0.15, 0.2) is 11.6 Å². The van der Waals surface area contributed by atoms with Gasteiger partial charge in [-0.15, -0.1) is 0 Å². The van der Waals surface area contributed by atoms with Crippen LogP contribution < -0.4 is 0 Å². The zero-order chi connectivity index (χ0) is 16.1. The zero-order valence-electron chi connectivity index (χ0n) is 12.3. The number of amides is 1. The van der Waals surface area contributed by atoms with E-state index in [0.29, 0.717) is 17.1 Å². The third kappa shape index (κ3) is 3.63. The summed E-state index contributed by atoms with van der Waals surface area (Å²) in [5, 5.41) is 9.40. The van der Waals surface area contributed by atoms with Gasteiger partial charge in [0.25, 0.3) is 0 Å². The van der Waals surface area contributed by atoms with Crippen molar-refractivity contribution in [2.75, 3.05) is 0 Å². The van der Waals surface area contributed by atoms with Gasteiger partial charge in [-0.2, -0.15) is 0 Å². The molecule has 0 saturated carbocycles. The third-order valence-corrected chi connectivity index (χ3v) is 3.24. The molecule has 0 bridgehead atoms. The molecule has 7 heteroatoms. The smallest absolute Gasteiger partial charge is 0.408 e. The summed E-state index contributed by atoms with van der Waals surface area (Å²) < 4.78 is 0. The lowest BCUT2D eigenvalue weighted by Gasteiger charge is -2.24. The zero-order valence-corrected chi connectivity index (χ0v) is 12.3. The molecule has 0 spiro atoms. The van der Waals surface area contributed by atoms with E-state index < -0.39 is 12.1 Å². The minimum Gasteiger partial charge on any atom is -0.465 e. The monoisotopic (exact) mass is 300 g/mol. The van der Waals surface area contributed by atoms with Crippen LogP contribution in [0.3, 0.4) is 0 Å². The minimum absolute atomic E-state index is 0.0832. The lowest BCUT2D eigenvalue weighted by Crippen LogP contribution is -2.33. The topological polar surface area (TPSA) is 96.3 Å². The second-order valence-electron chi connectivity index (χ2n) is 4.79. The van der Waals surface area contributed by atoms with Crippen LogP contribution in [0.15, 0.2) is 36.8 Å². The summed E-state index contributed by atoms with van der Waals surface area (Å²) in [5.74, 6) is 0.338. The van der Waals surface area contributed by atoms with Crippen LogP contribution in [0, 0.1) is 0 Å². The quantitative estimate of drug-likeness (QED) is 0.851. The van der Waals surface area contributed by atoms with Crippen LogP contribution in [-0.4, -0.2) is 36.8 Å². The van der Waals surface area contributed by atoms with Crippen molar-refractivity contribution in [3.8, 4) is 0 Å². The summed E-state index contributed by atoms with van der Waals surface area (Å²) in [6.07, 6.45) is 3.50. The maximum atomic E-state index is 11.5. The van der Waals surface area contributed by atoms with Gasteiger partial charge in [0.05, 0.1) is 18.3 Å². The second kappa shape index (κ2) is 6.75. The van der Waals surface area contributed by atoms with Gasteiger partial charge < -0.3 is 5.11 Å². The molecule has 0 aliphatic rings. The number of hydrogen-bond donors (Lipinski definition) is 1. The Labute approximate surface area is 127 Å². The first kappa shape index (κ1) is 15.6. The molecule has 114 valence electrons. The highest BCUT2D eigenvalue weighted by Gasteiger charge is 2.23. The number of pyridine rings is 1. The Hall–Kier alpha value is -2.83. The van der Waals surface area contributed by atoms with Crippen molar-refractivity contribution >= 4 is 11.9 Å². The first-order valence-corrected chi connectivity index (χ1v) is 6.71. The Morgan fingerprint density at radius 3 is 2.41 bits per heavy atom. The van der Waals surface area contributed by atoms with Gasteiger partial charge in [-0.25, -0.2) is 14.8 Å². The maximum absolute atomic E-state index is 11.5. The Kier molecular flexibility index (Phi) is 4.77. The lowest BCUT2D eigenvalue weighted by atomic mass is 10.2. The summed E-state index contributed by atoms with van der Waals surface area (Å²) in [4.78, 5) is 36.2. The molecule has 22 heavy (non-hydrogen) atoms. The van der Waals surface area contributed by atoms with Crippen LogP contribution >= 0.6 is 0 Å². The van der Waals surface area contributed by atoms with Crippen molar-refractivity contribution in [3.05, 3.63) is 53.9 Å². The average Bonchev–Trinajstić information content (AvgIpc) is 2.53.